The first-order valence-corrected chi connectivity index (χ1v) is 10.7. The van der Waals surface area contributed by atoms with Crippen LogP contribution in [-0.4, -0.2) is 38.7 Å². The number of fused-ring (bicyclic) bond motifs is 1. The molecule has 1 aliphatic heterocycles. The van der Waals surface area contributed by atoms with Gasteiger partial charge in [0, 0.05) is 36.9 Å². The van der Waals surface area contributed by atoms with Crippen LogP contribution in [0.2, 0.25) is 0 Å². The molecule has 1 atom stereocenters. The molecule has 8 heteroatoms. The van der Waals surface area contributed by atoms with Crippen molar-refractivity contribution < 1.29 is 14.4 Å². The van der Waals surface area contributed by atoms with E-state index in [4.69, 9.17) is 0 Å². The molecule has 1 aromatic heterocycles. The van der Waals surface area contributed by atoms with Crippen molar-refractivity contribution in [2.45, 2.75) is 18.9 Å². The average molecular weight is 481 g/mol. The number of nitrogens with one attached hydrogen (secondary N) is 1. The Balaban J connectivity index is 1.39. The van der Waals surface area contributed by atoms with Gasteiger partial charge >= 0.3 is 0 Å². The largest absolute Gasteiger partial charge is 0.342 e. The predicted molar refractivity (Wildman–Crippen MR) is 118 cm³/mol. The van der Waals surface area contributed by atoms with Crippen molar-refractivity contribution in [3.8, 4) is 0 Å². The topological polar surface area (TPSA) is 84.3 Å². The van der Waals surface area contributed by atoms with Gasteiger partial charge in [0.15, 0.2) is 0 Å². The molecule has 7 nitrogen and oxygen atoms in total. The Morgan fingerprint density at radius 1 is 1.10 bits per heavy atom. The summed E-state index contributed by atoms with van der Waals surface area (Å²) in [6, 6.07) is 14.3. The number of hydrogen-bond donors (Lipinski definition) is 1. The first-order chi connectivity index (χ1) is 15.0. The van der Waals surface area contributed by atoms with Crippen molar-refractivity contribution in [2.75, 3.05) is 6.54 Å². The lowest BCUT2D eigenvalue weighted by Crippen LogP contribution is -2.33. The summed E-state index contributed by atoms with van der Waals surface area (Å²) in [5.74, 6) is -0.0818. The van der Waals surface area contributed by atoms with Gasteiger partial charge < -0.3 is 9.88 Å². The Morgan fingerprint density at radius 2 is 1.84 bits per heavy atom. The highest BCUT2D eigenvalue weighted by molar-refractivity contribution is 9.10. The third-order valence-corrected chi connectivity index (χ3v) is 5.77. The molecule has 1 N–H and O–H groups in total. The van der Waals surface area contributed by atoms with Crippen LogP contribution >= 0.6 is 15.9 Å². The lowest BCUT2D eigenvalue weighted by Gasteiger charge is -2.19. The van der Waals surface area contributed by atoms with Crippen LogP contribution in [0.3, 0.4) is 0 Å². The molecule has 1 unspecified atom stereocenters. The van der Waals surface area contributed by atoms with E-state index in [0.29, 0.717) is 17.5 Å². The lowest BCUT2D eigenvalue weighted by atomic mass is 10.1. The molecule has 31 heavy (non-hydrogen) atoms. The number of imidazole rings is 1. The number of carbonyl (C=O) groups excluding carboxylic acids is 3. The third kappa shape index (κ3) is 4.29. The van der Waals surface area contributed by atoms with E-state index in [1.165, 1.54) is 4.90 Å². The Hall–Kier alpha value is -3.26. The fourth-order valence-electron chi connectivity index (χ4n) is 3.69. The molecular weight excluding hydrogens is 460 g/mol. The summed E-state index contributed by atoms with van der Waals surface area (Å²) >= 11 is 3.33. The number of halogens is 1. The molecule has 0 saturated heterocycles. The molecule has 0 saturated carbocycles. The average Bonchev–Trinajstić information content (AvgIpc) is 3.29. The van der Waals surface area contributed by atoms with Crippen LogP contribution in [-0.2, 0) is 11.8 Å². The standard InChI is InChI=1S/C23H21BrN4O3/c1-27-13-11-25-21(27)20(15-6-3-2-4-7-15)26-19(29)8-5-12-28-22(30)17-10-9-16(24)14-18(17)23(28)31/h2-4,6-7,9-11,13-14,20H,5,8,12H2,1H3,(H,26,29). The Bertz CT molecular complexity index is 1140. The Kier molecular flexibility index (Phi) is 5.99. The number of rotatable bonds is 7. The maximum absolute atomic E-state index is 12.7. The first-order valence-electron chi connectivity index (χ1n) is 9.93. The maximum Gasteiger partial charge on any atom is 0.261 e. The van der Waals surface area contributed by atoms with Crippen molar-refractivity contribution in [3.63, 3.8) is 0 Å². The number of nitrogens with zero attached hydrogens (tertiary/aromatic N) is 3. The third-order valence-electron chi connectivity index (χ3n) is 5.27. The number of imide groups is 1. The van der Waals surface area contributed by atoms with E-state index in [9.17, 15) is 14.4 Å². The molecular formula is C23H21BrN4O3. The summed E-state index contributed by atoms with van der Waals surface area (Å²) in [7, 11) is 1.88. The van der Waals surface area contributed by atoms with Crippen molar-refractivity contribution >= 4 is 33.7 Å². The molecule has 3 amide bonds. The molecule has 3 aromatic rings. The first kappa shape index (κ1) is 21.0. The summed E-state index contributed by atoms with van der Waals surface area (Å²) < 4.78 is 2.62. The number of hydrogen-bond acceptors (Lipinski definition) is 4. The maximum atomic E-state index is 12.7. The lowest BCUT2D eigenvalue weighted by molar-refractivity contribution is -0.121. The van der Waals surface area contributed by atoms with Crippen LogP contribution < -0.4 is 5.32 Å². The summed E-state index contributed by atoms with van der Waals surface area (Å²) in [6.45, 7) is 0.190. The Labute approximate surface area is 188 Å². The summed E-state index contributed by atoms with van der Waals surface area (Å²) in [5, 5.41) is 3.03. The van der Waals surface area contributed by atoms with Crippen LogP contribution in [0.4, 0.5) is 0 Å². The van der Waals surface area contributed by atoms with E-state index >= 15 is 0 Å². The fraction of sp³-hybridized carbons (Fsp3) is 0.217. The van der Waals surface area contributed by atoms with Crippen molar-refractivity contribution in [1.82, 2.24) is 19.8 Å². The quantitative estimate of drug-likeness (QED) is 0.524. The van der Waals surface area contributed by atoms with E-state index in [1.807, 2.05) is 48.1 Å². The van der Waals surface area contributed by atoms with Crippen LogP contribution in [0.15, 0.2) is 65.4 Å². The van der Waals surface area contributed by atoms with Gasteiger partial charge in [-0.2, -0.15) is 0 Å². The summed E-state index contributed by atoms with van der Waals surface area (Å²) in [6.07, 6.45) is 4.08. The number of aryl methyl sites for hydroxylation is 1. The second-order valence-electron chi connectivity index (χ2n) is 7.36. The van der Waals surface area contributed by atoms with Crippen LogP contribution in [0, 0.1) is 0 Å². The van der Waals surface area contributed by atoms with E-state index in [-0.39, 0.29) is 36.7 Å². The smallest absolute Gasteiger partial charge is 0.261 e. The minimum Gasteiger partial charge on any atom is -0.342 e. The monoisotopic (exact) mass is 480 g/mol. The van der Waals surface area contributed by atoms with Crippen LogP contribution in [0.5, 0.6) is 0 Å². The van der Waals surface area contributed by atoms with Gasteiger partial charge in [-0.05, 0) is 30.2 Å². The number of benzene rings is 2. The molecule has 0 radical (unpaired) electrons. The van der Waals surface area contributed by atoms with Crippen LogP contribution in [0.1, 0.15) is 51.0 Å². The van der Waals surface area contributed by atoms with E-state index in [2.05, 4.69) is 26.2 Å². The van der Waals surface area contributed by atoms with E-state index in [1.54, 1.807) is 24.4 Å². The molecule has 0 bridgehead atoms. The van der Waals surface area contributed by atoms with E-state index < -0.39 is 0 Å². The highest BCUT2D eigenvalue weighted by Gasteiger charge is 2.35. The zero-order valence-electron chi connectivity index (χ0n) is 16.9. The molecule has 158 valence electrons. The van der Waals surface area contributed by atoms with Crippen molar-refractivity contribution in [1.29, 1.82) is 0 Å². The van der Waals surface area contributed by atoms with Gasteiger partial charge in [0.1, 0.15) is 11.9 Å². The molecule has 2 heterocycles. The highest BCUT2D eigenvalue weighted by atomic mass is 79.9. The second-order valence-corrected chi connectivity index (χ2v) is 8.28. The fourth-order valence-corrected chi connectivity index (χ4v) is 4.06. The molecule has 1 aliphatic rings. The zero-order valence-corrected chi connectivity index (χ0v) is 18.5. The van der Waals surface area contributed by atoms with Crippen molar-refractivity contribution in [3.05, 3.63) is 87.9 Å². The zero-order chi connectivity index (χ0) is 22.0. The molecule has 0 aliphatic carbocycles. The summed E-state index contributed by atoms with van der Waals surface area (Å²) in [5.41, 5.74) is 1.72. The SMILES string of the molecule is Cn1ccnc1C(NC(=O)CCCN1C(=O)c2ccc(Br)cc2C1=O)c1ccccc1. The van der Waals surface area contributed by atoms with Gasteiger partial charge in [-0.15, -0.1) is 0 Å². The van der Waals surface area contributed by atoms with Gasteiger partial charge in [0.05, 0.1) is 11.1 Å². The van der Waals surface area contributed by atoms with Crippen molar-refractivity contribution in [2.24, 2.45) is 7.05 Å². The molecule has 0 spiro atoms. The number of amides is 3. The molecule has 0 fully saturated rings. The minimum atomic E-state index is -0.384. The van der Waals surface area contributed by atoms with Gasteiger partial charge in [-0.3, -0.25) is 19.3 Å². The normalized spacial score (nSPS) is 13.9. The molecule has 2 aromatic carbocycles. The van der Waals surface area contributed by atoms with Crippen LogP contribution in [0.25, 0.3) is 0 Å². The highest BCUT2D eigenvalue weighted by Crippen LogP contribution is 2.26. The Morgan fingerprint density at radius 3 is 2.55 bits per heavy atom. The second kappa shape index (κ2) is 8.85. The minimum absolute atomic E-state index is 0.170. The van der Waals surface area contributed by atoms with Gasteiger partial charge in [-0.1, -0.05) is 46.3 Å². The van der Waals surface area contributed by atoms with Gasteiger partial charge in [-0.25, -0.2) is 4.98 Å². The number of carbonyl (C=O) groups is 3. The van der Waals surface area contributed by atoms with E-state index in [0.717, 1.165) is 15.9 Å². The molecule has 4 rings (SSSR count). The number of aromatic nitrogens is 2. The van der Waals surface area contributed by atoms with Gasteiger partial charge in [0.2, 0.25) is 5.91 Å². The van der Waals surface area contributed by atoms with Gasteiger partial charge in [0.25, 0.3) is 11.8 Å². The predicted octanol–water partition coefficient (Wildman–Crippen LogP) is 3.46. The summed E-state index contributed by atoms with van der Waals surface area (Å²) in [4.78, 5) is 43.4.